The summed E-state index contributed by atoms with van der Waals surface area (Å²) in [5.41, 5.74) is 5.78. The first kappa shape index (κ1) is 14.0. The van der Waals surface area contributed by atoms with E-state index in [0.717, 1.165) is 44.8 Å². The quantitative estimate of drug-likeness (QED) is 0.915. The lowest BCUT2D eigenvalue weighted by Crippen LogP contribution is -2.40. The van der Waals surface area contributed by atoms with Gasteiger partial charge >= 0.3 is 0 Å². The smallest absolute Gasteiger partial charge is 0.168 e. The van der Waals surface area contributed by atoms with Gasteiger partial charge in [-0.3, -0.25) is 0 Å². The highest BCUT2D eigenvalue weighted by Crippen LogP contribution is 2.39. The Hall–Kier alpha value is -1.39. The highest BCUT2D eigenvalue weighted by Gasteiger charge is 2.32. The Morgan fingerprint density at radius 1 is 1.21 bits per heavy atom. The predicted octanol–water partition coefficient (Wildman–Crippen LogP) is 3.35. The van der Waals surface area contributed by atoms with E-state index in [-0.39, 0.29) is 11.6 Å². The number of pyridine rings is 1. The van der Waals surface area contributed by atoms with E-state index in [1.54, 1.807) is 0 Å². The topological polar surface area (TPSA) is 42.2 Å². The molecule has 0 amide bonds. The molecule has 1 aliphatic rings. The second kappa shape index (κ2) is 5.31. The van der Waals surface area contributed by atoms with Crippen molar-refractivity contribution < 1.29 is 8.78 Å². The number of hydrogen-bond donors (Lipinski definition) is 1. The summed E-state index contributed by atoms with van der Waals surface area (Å²) in [6.07, 6.45) is 4.30. The van der Waals surface area contributed by atoms with Gasteiger partial charge in [0.2, 0.25) is 0 Å². The van der Waals surface area contributed by atoms with Gasteiger partial charge in [-0.15, -0.1) is 0 Å². The molecule has 19 heavy (non-hydrogen) atoms. The summed E-state index contributed by atoms with van der Waals surface area (Å²) in [6, 6.07) is 0.819. The van der Waals surface area contributed by atoms with Crippen LogP contribution in [-0.2, 0) is 0 Å². The Morgan fingerprint density at radius 3 is 2.32 bits per heavy atom. The van der Waals surface area contributed by atoms with E-state index in [0.29, 0.717) is 5.41 Å². The molecule has 1 aromatic rings. The maximum atomic E-state index is 13.8. The lowest BCUT2D eigenvalue weighted by molar-refractivity contribution is 0.198. The van der Waals surface area contributed by atoms with Crippen LogP contribution in [0, 0.1) is 17.0 Å². The zero-order valence-electron chi connectivity index (χ0n) is 11.5. The average Bonchev–Trinajstić information content (AvgIpc) is 2.43. The summed E-state index contributed by atoms with van der Waals surface area (Å²) in [5, 5.41) is 0. The molecule has 0 aromatic carbocycles. The first-order valence-corrected chi connectivity index (χ1v) is 6.88. The van der Waals surface area contributed by atoms with Crippen LogP contribution >= 0.6 is 0 Å². The standard InChI is InChI=1S/C14H21F2N3/c1-3-14(4-2)5-7-19(8-6-14)13-11(16)9-10(15)12(17)18-13/h9H,3-8H2,1-2H3,(H2,17,18). The van der Waals surface area contributed by atoms with Gasteiger partial charge in [-0.05, 0) is 18.3 Å². The van der Waals surface area contributed by atoms with Gasteiger partial charge in [-0.25, -0.2) is 13.8 Å². The molecule has 5 heteroatoms. The number of aromatic nitrogens is 1. The lowest BCUT2D eigenvalue weighted by atomic mass is 9.74. The fraction of sp³-hybridized carbons (Fsp3) is 0.643. The fourth-order valence-corrected chi connectivity index (χ4v) is 2.84. The van der Waals surface area contributed by atoms with Crippen LogP contribution in [0.1, 0.15) is 39.5 Å². The van der Waals surface area contributed by atoms with Crippen molar-refractivity contribution in [2.24, 2.45) is 5.41 Å². The van der Waals surface area contributed by atoms with Gasteiger partial charge in [0.05, 0.1) is 0 Å². The van der Waals surface area contributed by atoms with Crippen molar-refractivity contribution in [3.63, 3.8) is 0 Å². The third-order valence-corrected chi connectivity index (χ3v) is 4.56. The fourth-order valence-electron chi connectivity index (χ4n) is 2.84. The average molecular weight is 269 g/mol. The van der Waals surface area contributed by atoms with E-state index in [4.69, 9.17) is 5.73 Å². The molecule has 2 N–H and O–H groups in total. The summed E-state index contributed by atoms with van der Waals surface area (Å²) in [7, 11) is 0. The zero-order valence-corrected chi connectivity index (χ0v) is 11.5. The third kappa shape index (κ3) is 2.65. The molecule has 0 saturated carbocycles. The molecule has 0 unspecified atom stereocenters. The first-order valence-electron chi connectivity index (χ1n) is 6.88. The van der Waals surface area contributed by atoms with Gasteiger partial charge in [0.25, 0.3) is 0 Å². The molecule has 0 atom stereocenters. The molecule has 2 heterocycles. The van der Waals surface area contributed by atoms with E-state index in [2.05, 4.69) is 18.8 Å². The molecule has 2 rings (SSSR count). The van der Waals surface area contributed by atoms with E-state index in [9.17, 15) is 8.78 Å². The summed E-state index contributed by atoms with van der Waals surface area (Å²) in [4.78, 5) is 5.72. The Labute approximate surface area is 112 Å². The minimum absolute atomic E-state index is 0.180. The summed E-state index contributed by atoms with van der Waals surface area (Å²) in [5.74, 6) is -1.49. The van der Waals surface area contributed by atoms with Crippen LogP contribution in [0.4, 0.5) is 20.4 Å². The van der Waals surface area contributed by atoms with Crippen LogP contribution in [0.3, 0.4) is 0 Å². The number of rotatable bonds is 3. The van der Waals surface area contributed by atoms with E-state index < -0.39 is 11.6 Å². The summed E-state index contributed by atoms with van der Waals surface area (Å²) in [6.45, 7) is 5.90. The molecule has 106 valence electrons. The van der Waals surface area contributed by atoms with Crippen molar-refractivity contribution in [1.29, 1.82) is 0 Å². The number of anilines is 2. The molecule has 3 nitrogen and oxygen atoms in total. The summed E-state index contributed by atoms with van der Waals surface area (Å²) < 4.78 is 26.9. The van der Waals surface area contributed by atoms with Crippen molar-refractivity contribution in [2.75, 3.05) is 23.7 Å². The minimum atomic E-state index is -0.797. The molecule has 0 aliphatic carbocycles. The van der Waals surface area contributed by atoms with Crippen molar-refractivity contribution >= 4 is 11.6 Å². The maximum Gasteiger partial charge on any atom is 0.168 e. The highest BCUT2D eigenvalue weighted by atomic mass is 19.1. The third-order valence-electron chi connectivity index (χ3n) is 4.56. The second-order valence-corrected chi connectivity index (χ2v) is 5.36. The normalized spacial score (nSPS) is 18.6. The Kier molecular flexibility index (Phi) is 3.92. The lowest BCUT2D eigenvalue weighted by Gasteiger charge is -2.41. The van der Waals surface area contributed by atoms with Gasteiger partial charge in [0.1, 0.15) is 0 Å². The Morgan fingerprint density at radius 2 is 1.79 bits per heavy atom. The number of nitrogens with two attached hydrogens (primary N) is 1. The van der Waals surface area contributed by atoms with Gasteiger partial charge in [0, 0.05) is 19.2 Å². The van der Waals surface area contributed by atoms with Gasteiger partial charge in [-0.1, -0.05) is 26.7 Å². The van der Waals surface area contributed by atoms with E-state index in [1.165, 1.54) is 0 Å². The van der Waals surface area contributed by atoms with Crippen molar-refractivity contribution in [3.05, 3.63) is 17.7 Å². The Bertz CT molecular complexity index is 448. The van der Waals surface area contributed by atoms with Crippen LogP contribution in [-0.4, -0.2) is 18.1 Å². The molecular weight excluding hydrogens is 248 g/mol. The van der Waals surface area contributed by atoms with E-state index >= 15 is 0 Å². The summed E-state index contributed by atoms with van der Waals surface area (Å²) >= 11 is 0. The van der Waals surface area contributed by atoms with Gasteiger partial charge in [0.15, 0.2) is 23.3 Å². The van der Waals surface area contributed by atoms with Crippen LogP contribution in [0.15, 0.2) is 6.07 Å². The molecule has 1 aromatic heterocycles. The number of halogens is 2. The van der Waals surface area contributed by atoms with Crippen LogP contribution < -0.4 is 10.6 Å². The SMILES string of the molecule is CCC1(CC)CCN(c2nc(N)c(F)cc2F)CC1. The van der Waals surface area contributed by atoms with Gasteiger partial charge < -0.3 is 10.6 Å². The number of nitrogen functional groups attached to an aromatic ring is 1. The van der Waals surface area contributed by atoms with Gasteiger partial charge in [-0.2, -0.15) is 0 Å². The second-order valence-electron chi connectivity index (χ2n) is 5.36. The zero-order chi connectivity index (χ0) is 14.0. The molecule has 1 aliphatic heterocycles. The first-order chi connectivity index (χ1) is 9.01. The number of nitrogens with zero attached hydrogens (tertiary/aromatic N) is 2. The predicted molar refractivity (Wildman–Crippen MR) is 73.0 cm³/mol. The van der Waals surface area contributed by atoms with Crippen LogP contribution in [0.5, 0.6) is 0 Å². The highest BCUT2D eigenvalue weighted by molar-refractivity contribution is 5.47. The molecule has 1 fully saturated rings. The maximum absolute atomic E-state index is 13.8. The molecule has 0 spiro atoms. The molecule has 0 radical (unpaired) electrons. The van der Waals surface area contributed by atoms with Crippen molar-refractivity contribution in [2.45, 2.75) is 39.5 Å². The minimum Gasteiger partial charge on any atom is -0.381 e. The largest absolute Gasteiger partial charge is 0.381 e. The Balaban J connectivity index is 2.16. The molecule has 1 saturated heterocycles. The molecule has 0 bridgehead atoms. The molecular formula is C14H21F2N3. The number of piperidine rings is 1. The van der Waals surface area contributed by atoms with Crippen LogP contribution in [0.2, 0.25) is 0 Å². The number of hydrogen-bond acceptors (Lipinski definition) is 3. The van der Waals surface area contributed by atoms with Crippen molar-refractivity contribution in [3.8, 4) is 0 Å². The van der Waals surface area contributed by atoms with E-state index in [1.807, 2.05) is 4.90 Å². The van der Waals surface area contributed by atoms with Crippen LogP contribution in [0.25, 0.3) is 0 Å². The van der Waals surface area contributed by atoms with Crippen molar-refractivity contribution in [1.82, 2.24) is 4.98 Å². The monoisotopic (exact) mass is 269 g/mol.